The largest absolute Gasteiger partial charge is 0.457 e. The van der Waals surface area contributed by atoms with Crippen LogP contribution in [0.1, 0.15) is 25.8 Å². The molecule has 3 rings (SSSR count). The Kier molecular flexibility index (Phi) is 14.1. The number of rotatable bonds is 18. The molecule has 248 valence electrons. The number of methoxy groups -OCH3 is 1. The van der Waals surface area contributed by atoms with E-state index in [0.29, 0.717) is 13.0 Å². The van der Waals surface area contributed by atoms with Gasteiger partial charge in [-0.25, -0.2) is 18.0 Å². The fourth-order valence-electron chi connectivity index (χ4n) is 4.60. The van der Waals surface area contributed by atoms with Crippen molar-refractivity contribution in [3.8, 4) is 0 Å². The summed E-state index contributed by atoms with van der Waals surface area (Å²) in [6, 6.07) is 12.7. The van der Waals surface area contributed by atoms with Crippen LogP contribution in [0.3, 0.4) is 0 Å². The van der Waals surface area contributed by atoms with Gasteiger partial charge in [-0.3, -0.25) is 10.1 Å². The highest BCUT2D eigenvalue weighted by Crippen LogP contribution is 2.23. The van der Waals surface area contributed by atoms with E-state index in [0.717, 1.165) is 34.1 Å². The molecule has 1 aliphatic rings. The zero-order chi connectivity index (χ0) is 32.8. The maximum Gasteiger partial charge on any atom is 0.407 e. The van der Waals surface area contributed by atoms with Crippen LogP contribution in [0.4, 0.5) is 10.5 Å². The van der Waals surface area contributed by atoms with Gasteiger partial charge in [0.1, 0.15) is 18.8 Å². The molecule has 0 spiro atoms. The Labute approximate surface area is 263 Å². The third kappa shape index (κ3) is 11.7. The van der Waals surface area contributed by atoms with E-state index in [4.69, 9.17) is 23.7 Å². The lowest BCUT2D eigenvalue weighted by Gasteiger charge is -2.33. The topological polar surface area (TPSA) is 173 Å². The van der Waals surface area contributed by atoms with Gasteiger partial charge in [-0.1, -0.05) is 44.2 Å². The van der Waals surface area contributed by atoms with Crippen molar-refractivity contribution < 1.29 is 46.6 Å². The maximum absolute atomic E-state index is 13.9. The summed E-state index contributed by atoms with van der Waals surface area (Å²) >= 11 is 0. The molecule has 0 saturated carbocycles. The number of carbonyl (C=O) groups excluding carboxylic acids is 2. The predicted molar refractivity (Wildman–Crippen MR) is 162 cm³/mol. The summed E-state index contributed by atoms with van der Waals surface area (Å²) in [5.74, 6) is -0.926. The van der Waals surface area contributed by atoms with Crippen molar-refractivity contribution in [3.05, 3.63) is 70.3 Å². The van der Waals surface area contributed by atoms with E-state index in [9.17, 15) is 28.1 Å². The first-order valence-corrected chi connectivity index (χ1v) is 16.0. The standard InChI is InChI=1S/C30H41N3O11S/c1-22(2)18-32(45(38,39)26-11-9-24(10-12-26)33(36)37)19-28(44-29(34)21-42-16-15-40-3)27(17-23-7-5-4-6-8-23)31-30(35)43-25-13-14-41-20-25/h4-12,22,25,27-28H,13-21H2,1-3H3,(H,31,35)/t25-,27-,28+/m0/s1. The fourth-order valence-corrected chi connectivity index (χ4v) is 6.22. The van der Waals surface area contributed by atoms with Gasteiger partial charge in [0.25, 0.3) is 5.69 Å². The third-order valence-electron chi connectivity index (χ3n) is 6.78. The molecule has 0 radical (unpaired) electrons. The molecule has 2 aromatic rings. The normalized spacial score (nSPS) is 16.3. The highest BCUT2D eigenvalue weighted by Gasteiger charge is 2.35. The van der Waals surface area contributed by atoms with Gasteiger partial charge < -0.3 is 29.0 Å². The summed E-state index contributed by atoms with van der Waals surface area (Å²) in [6.45, 7) is 4.00. The second-order valence-electron chi connectivity index (χ2n) is 10.9. The summed E-state index contributed by atoms with van der Waals surface area (Å²) in [5, 5.41) is 13.9. The van der Waals surface area contributed by atoms with Crippen molar-refractivity contribution >= 4 is 27.8 Å². The average molecular weight is 652 g/mol. The molecule has 45 heavy (non-hydrogen) atoms. The number of alkyl carbamates (subject to hydrolysis) is 1. The van der Waals surface area contributed by atoms with Crippen LogP contribution in [0.5, 0.6) is 0 Å². The lowest BCUT2D eigenvalue weighted by Crippen LogP contribution is -2.53. The first-order valence-electron chi connectivity index (χ1n) is 14.6. The third-order valence-corrected chi connectivity index (χ3v) is 8.63. The van der Waals surface area contributed by atoms with Crippen molar-refractivity contribution in [1.82, 2.24) is 9.62 Å². The molecule has 0 aromatic heterocycles. The minimum Gasteiger partial charge on any atom is -0.457 e. The van der Waals surface area contributed by atoms with Crippen LogP contribution in [0.25, 0.3) is 0 Å². The van der Waals surface area contributed by atoms with Gasteiger partial charge in [-0.15, -0.1) is 0 Å². The van der Waals surface area contributed by atoms with Crippen LogP contribution in [0.2, 0.25) is 0 Å². The first kappa shape index (κ1) is 35.8. The molecule has 1 heterocycles. The molecular weight excluding hydrogens is 610 g/mol. The number of nitrogens with one attached hydrogen (secondary N) is 1. The van der Waals surface area contributed by atoms with Gasteiger partial charge in [-0.05, 0) is 30.0 Å². The number of hydrogen-bond acceptors (Lipinski definition) is 11. The van der Waals surface area contributed by atoms with Crippen molar-refractivity contribution in [2.24, 2.45) is 5.92 Å². The predicted octanol–water partition coefficient (Wildman–Crippen LogP) is 2.94. The maximum atomic E-state index is 13.9. The molecule has 2 aromatic carbocycles. The monoisotopic (exact) mass is 651 g/mol. The number of nitrogens with zero attached hydrogens (tertiary/aromatic N) is 2. The molecule has 1 saturated heterocycles. The van der Waals surface area contributed by atoms with Crippen LogP contribution in [-0.4, -0.2) is 101 Å². The number of hydrogen-bond donors (Lipinski definition) is 1. The summed E-state index contributed by atoms with van der Waals surface area (Å²) in [6.07, 6.45) is -1.70. The lowest BCUT2D eigenvalue weighted by molar-refractivity contribution is -0.384. The van der Waals surface area contributed by atoms with E-state index in [1.165, 1.54) is 7.11 Å². The van der Waals surface area contributed by atoms with Crippen LogP contribution in [-0.2, 0) is 44.9 Å². The van der Waals surface area contributed by atoms with E-state index < -0.39 is 51.9 Å². The molecule has 1 aliphatic heterocycles. The highest BCUT2D eigenvalue weighted by molar-refractivity contribution is 7.89. The Balaban J connectivity index is 1.96. The summed E-state index contributed by atoms with van der Waals surface area (Å²) < 4.78 is 55.9. The molecule has 1 fully saturated rings. The Bertz CT molecular complexity index is 1330. The van der Waals surface area contributed by atoms with Crippen LogP contribution in [0.15, 0.2) is 59.5 Å². The van der Waals surface area contributed by atoms with E-state index >= 15 is 0 Å². The van der Waals surface area contributed by atoms with Crippen molar-refractivity contribution in [2.75, 3.05) is 53.2 Å². The van der Waals surface area contributed by atoms with Crippen LogP contribution >= 0.6 is 0 Å². The number of carbonyl (C=O) groups is 2. The number of sulfonamides is 1. The van der Waals surface area contributed by atoms with Gasteiger partial charge in [0.05, 0.1) is 48.8 Å². The highest BCUT2D eigenvalue weighted by atomic mass is 32.2. The van der Waals surface area contributed by atoms with Gasteiger partial charge in [0.15, 0.2) is 0 Å². The SMILES string of the molecule is COCCOCC(=O)O[C@H](CN(CC(C)C)S(=O)(=O)c1ccc([N+](=O)[O-])cc1)[C@H](Cc1ccccc1)NC(=O)O[C@H]1CCOC1. The van der Waals surface area contributed by atoms with E-state index in [1.54, 1.807) is 0 Å². The Morgan fingerprint density at radius 1 is 1.09 bits per heavy atom. The second-order valence-corrected chi connectivity index (χ2v) is 12.8. The number of ether oxygens (including phenoxy) is 5. The second kappa shape index (κ2) is 17.8. The first-order chi connectivity index (χ1) is 21.5. The molecule has 1 N–H and O–H groups in total. The quantitative estimate of drug-likeness (QED) is 0.109. The van der Waals surface area contributed by atoms with Crippen molar-refractivity contribution in [1.29, 1.82) is 0 Å². The Morgan fingerprint density at radius 3 is 2.40 bits per heavy atom. The summed E-state index contributed by atoms with van der Waals surface area (Å²) in [7, 11) is -2.75. The minimum atomic E-state index is -4.24. The average Bonchev–Trinajstić information content (AvgIpc) is 3.51. The van der Waals surface area contributed by atoms with Gasteiger partial charge in [0, 0.05) is 32.2 Å². The molecule has 15 heteroatoms. The van der Waals surface area contributed by atoms with Gasteiger partial charge >= 0.3 is 12.1 Å². The van der Waals surface area contributed by atoms with E-state index in [2.05, 4.69) is 5.32 Å². The Morgan fingerprint density at radius 2 is 1.80 bits per heavy atom. The zero-order valence-electron chi connectivity index (χ0n) is 25.7. The number of esters is 1. The lowest BCUT2D eigenvalue weighted by atomic mass is 10.0. The molecule has 0 bridgehead atoms. The van der Waals surface area contributed by atoms with Crippen LogP contribution < -0.4 is 5.32 Å². The van der Waals surface area contributed by atoms with Gasteiger partial charge in [-0.2, -0.15) is 4.31 Å². The number of nitro benzene ring substituents is 1. The van der Waals surface area contributed by atoms with Crippen LogP contribution in [0, 0.1) is 16.0 Å². The fraction of sp³-hybridized carbons (Fsp3) is 0.533. The number of amides is 1. The van der Waals surface area contributed by atoms with Gasteiger partial charge in [0.2, 0.25) is 10.0 Å². The van der Waals surface area contributed by atoms with E-state index in [-0.39, 0.29) is 55.8 Å². The number of nitro groups is 1. The van der Waals surface area contributed by atoms with E-state index in [1.807, 2.05) is 44.2 Å². The summed E-state index contributed by atoms with van der Waals surface area (Å²) in [5.41, 5.74) is 0.529. The summed E-state index contributed by atoms with van der Waals surface area (Å²) in [4.78, 5) is 36.4. The van der Waals surface area contributed by atoms with Crippen molar-refractivity contribution in [2.45, 2.75) is 49.8 Å². The molecule has 0 aliphatic carbocycles. The zero-order valence-corrected chi connectivity index (χ0v) is 26.5. The molecule has 3 atom stereocenters. The number of non-ortho nitro benzene ring substituents is 1. The van der Waals surface area contributed by atoms with Crippen molar-refractivity contribution in [3.63, 3.8) is 0 Å². The minimum absolute atomic E-state index is 0.0274. The molecular formula is C30H41N3O11S. The molecule has 0 unspecified atom stereocenters. The molecule has 14 nitrogen and oxygen atoms in total. The Hall–Kier alpha value is -3.63. The molecule has 1 amide bonds. The number of benzene rings is 2. The smallest absolute Gasteiger partial charge is 0.407 e.